The Labute approximate surface area is 183 Å². The molecule has 31 heavy (non-hydrogen) atoms. The monoisotopic (exact) mass is 433 g/mol. The molecule has 0 aliphatic carbocycles. The molecule has 0 spiro atoms. The highest BCUT2D eigenvalue weighted by Crippen LogP contribution is 2.17. The van der Waals surface area contributed by atoms with Gasteiger partial charge in [0, 0.05) is 25.9 Å². The highest BCUT2D eigenvalue weighted by molar-refractivity contribution is 5.96. The molecule has 0 saturated carbocycles. The number of nitrogens with one attached hydrogen (secondary N) is 1. The number of ether oxygens (including phenoxy) is 1. The van der Waals surface area contributed by atoms with Gasteiger partial charge in [0.2, 0.25) is 5.91 Å². The third-order valence-corrected chi connectivity index (χ3v) is 4.07. The molecule has 0 radical (unpaired) electrons. The second-order valence-electron chi connectivity index (χ2n) is 6.87. The Hall–Kier alpha value is -3.50. The van der Waals surface area contributed by atoms with Gasteiger partial charge in [-0.15, -0.1) is 0 Å². The van der Waals surface area contributed by atoms with Crippen molar-refractivity contribution in [1.29, 1.82) is 0 Å². The maximum Gasteiger partial charge on any atom is 0.226 e. The van der Waals surface area contributed by atoms with Gasteiger partial charge < -0.3 is 33.4 Å². The van der Waals surface area contributed by atoms with Crippen molar-refractivity contribution in [1.82, 2.24) is 5.32 Å². The molecule has 0 heterocycles. The number of nitrogens with two attached hydrogens (primary N) is 5. The van der Waals surface area contributed by atoms with E-state index in [9.17, 15) is 4.79 Å². The zero-order chi connectivity index (χ0) is 22.9. The van der Waals surface area contributed by atoms with Crippen molar-refractivity contribution < 1.29 is 9.53 Å². The highest BCUT2D eigenvalue weighted by Gasteiger charge is 2.03. The molecular formula is C20H35N9O2. The molecule has 1 rings (SSSR count). The normalized spacial score (nSPS) is 10.9. The number of carbonyl (C=O) groups excluding carboxylic acids is 1. The number of rotatable bonds is 14. The van der Waals surface area contributed by atoms with Gasteiger partial charge in [0.25, 0.3) is 0 Å². The Balaban J connectivity index is 2.09. The fraction of sp³-hybridized carbons (Fsp3) is 0.500. The summed E-state index contributed by atoms with van der Waals surface area (Å²) >= 11 is 0. The molecule has 0 saturated heterocycles. The predicted molar refractivity (Wildman–Crippen MR) is 125 cm³/mol. The Morgan fingerprint density at radius 3 is 2.13 bits per heavy atom. The molecule has 1 aromatic rings. The van der Waals surface area contributed by atoms with Gasteiger partial charge in [-0.2, -0.15) is 0 Å². The molecule has 0 aliphatic heterocycles. The molecule has 0 bridgehead atoms. The Bertz CT molecular complexity index is 738. The van der Waals surface area contributed by atoms with Gasteiger partial charge >= 0.3 is 0 Å². The number of amides is 1. The average Bonchev–Trinajstić information content (AvgIpc) is 2.70. The molecule has 0 atom stereocenters. The van der Waals surface area contributed by atoms with Crippen molar-refractivity contribution in [2.24, 2.45) is 43.6 Å². The van der Waals surface area contributed by atoms with E-state index in [0.717, 1.165) is 32.1 Å². The van der Waals surface area contributed by atoms with Crippen LogP contribution in [0.15, 0.2) is 39.2 Å². The van der Waals surface area contributed by atoms with Crippen molar-refractivity contribution in [3.05, 3.63) is 24.3 Å². The van der Waals surface area contributed by atoms with E-state index in [-0.39, 0.29) is 23.8 Å². The molecule has 11 heteroatoms. The van der Waals surface area contributed by atoms with Gasteiger partial charge in [0.05, 0.1) is 12.3 Å². The van der Waals surface area contributed by atoms with Gasteiger partial charge in [0.15, 0.2) is 17.9 Å². The topological polar surface area (TPSA) is 206 Å². The molecule has 172 valence electrons. The van der Waals surface area contributed by atoms with Crippen LogP contribution < -0.4 is 38.7 Å². The summed E-state index contributed by atoms with van der Waals surface area (Å²) in [6.07, 6.45) is 5.86. The molecule has 1 aromatic carbocycles. The Kier molecular flexibility index (Phi) is 12.6. The molecular weight excluding hydrogens is 398 g/mol. The lowest BCUT2D eigenvalue weighted by molar-refractivity contribution is -0.119. The second-order valence-corrected chi connectivity index (χ2v) is 6.87. The van der Waals surface area contributed by atoms with E-state index >= 15 is 0 Å². The van der Waals surface area contributed by atoms with Gasteiger partial charge in [-0.05, 0) is 37.1 Å². The van der Waals surface area contributed by atoms with Crippen LogP contribution in [-0.4, -0.2) is 43.5 Å². The van der Waals surface area contributed by atoms with Crippen LogP contribution >= 0.6 is 0 Å². The summed E-state index contributed by atoms with van der Waals surface area (Å²) in [4.78, 5) is 23.9. The summed E-state index contributed by atoms with van der Waals surface area (Å²) in [6.45, 7) is 1.57. The van der Waals surface area contributed by atoms with Crippen LogP contribution in [0, 0.1) is 0 Å². The van der Waals surface area contributed by atoms with Crippen LogP contribution in [0.2, 0.25) is 0 Å². The first-order valence-corrected chi connectivity index (χ1v) is 10.3. The SMILES string of the molecule is NC(N)=NCCCCCCCC(=O)NC(N)=NCCCOc1ccc(N=C(N)N)cc1. The van der Waals surface area contributed by atoms with Gasteiger partial charge in [-0.3, -0.25) is 20.1 Å². The third kappa shape index (κ3) is 14.2. The van der Waals surface area contributed by atoms with E-state index in [4.69, 9.17) is 33.4 Å². The van der Waals surface area contributed by atoms with Crippen LogP contribution in [0.25, 0.3) is 0 Å². The molecule has 0 fully saturated rings. The van der Waals surface area contributed by atoms with Crippen molar-refractivity contribution >= 4 is 29.5 Å². The smallest absolute Gasteiger partial charge is 0.226 e. The lowest BCUT2D eigenvalue weighted by Gasteiger charge is -2.06. The Morgan fingerprint density at radius 2 is 1.45 bits per heavy atom. The zero-order valence-corrected chi connectivity index (χ0v) is 17.9. The second kappa shape index (κ2) is 15.4. The summed E-state index contributed by atoms with van der Waals surface area (Å²) in [7, 11) is 0. The minimum Gasteiger partial charge on any atom is -0.494 e. The third-order valence-electron chi connectivity index (χ3n) is 4.07. The van der Waals surface area contributed by atoms with Crippen LogP contribution in [0.5, 0.6) is 5.75 Å². The van der Waals surface area contributed by atoms with E-state index in [1.165, 1.54) is 0 Å². The number of hydrogen-bond donors (Lipinski definition) is 6. The van der Waals surface area contributed by atoms with Gasteiger partial charge in [0.1, 0.15) is 5.75 Å². The van der Waals surface area contributed by atoms with E-state index in [1.807, 2.05) is 0 Å². The van der Waals surface area contributed by atoms with E-state index in [1.54, 1.807) is 24.3 Å². The summed E-state index contributed by atoms with van der Waals surface area (Å²) in [5, 5.41) is 2.60. The number of nitrogens with zero attached hydrogens (tertiary/aromatic N) is 3. The lowest BCUT2D eigenvalue weighted by Crippen LogP contribution is -2.36. The minimum absolute atomic E-state index is 0.00667. The summed E-state index contributed by atoms with van der Waals surface area (Å²) < 4.78 is 5.61. The summed E-state index contributed by atoms with van der Waals surface area (Å²) in [6, 6.07) is 7.08. The molecule has 1 amide bonds. The number of benzene rings is 1. The van der Waals surface area contributed by atoms with Gasteiger partial charge in [-0.1, -0.05) is 19.3 Å². The minimum atomic E-state index is -0.126. The van der Waals surface area contributed by atoms with E-state index in [0.29, 0.717) is 44.0 Å². The van der Waals surface area contributed by atoms with Crippen LogP contribution in [-0.2, 0) is 4.79 Å². The van der Waals surface area contributed by atoms with Gasteiger partial charge in [-0.25, -0.2) is 4.99 Å². The molecule has 0 unspecified atom stereocenters. The van der Waals surface area contributed by atoms with Crippen molar-refractivity contribution in [2.45, 2.75) is 44.9 Å². The molecule has 11 N–H and O–H groups in total. The largest absolute Gasteiger partial charge is 0.494 e. The summed E-state index contributed by atoms with van der Waals surface area (Å²) in [5.41, 5.74) is 27.6. The van der Waals surface area contributed by atoms with E-state index in [2.05, 4.69) is 20.3 Å². The first kappa shape index (κ1) is 25.5. The van der Waals surface area contributed by atoms with Crippen LogP contribution in [0.1, 0.15) is 44.9 Å². The Morgan fingerprint density at radius 1 is 0.806 bits per heavy atom. The standard InChI is InChI=1S/C20H35N9O2/c21-18(22)26-12-5-3-1-2-4-7-17(30)29-20(25)27-13-6-14-31-16-10-8-15(9-11-16)28-19(23)24/h8-11H,1-7,12-14H2,(H4,21,22,26)(H4,23,24,28)(H3,25,27,29,30). The van der Waals surface area contributed by atoms with Crippen LogP contribution in [0.4, 0.5) is 5.69 Å². The quantitative estimate of drug-likeness (QED) is 0.138. The number of hydrogen-bond acceptors (Lipinski definition) is 5. The fourth-order valence-corrected chi connectivity index (χ4v) is 2.60. The predicted octanol–water partition coefficient (Wildman–Crippen LogP) is 0.405. The molecule has 0 aromatic heterocycles. The van der Waals surface area contributed by atoms with Crippen molar-refractivity contribution in [3.63, 3.8) is 0 Å². The molecule has 0 aliphatic rings. The van der Waals surface area contributed by atoms with Crippen LogP contribution in [0.3, 0.4) is 0 Å². The first-order valence-electron chi connectivity index (χ1n) is 10.3. The van der Waals surface area contributed by atoms with Crippen molar-refractivity contribution in [3.8, 4) is 5.75 Å². The maximum atomic E-state index is 11.9. The average molecular weight is 434 g/mol. The van der Waals surface area contributed by atoms with Crippen molar-refractivity contribution in [2.75, 3.05) is 19.7 Å². The van der Waals surface area contributed by atoms with E-state index < -0.39 is 0 Å². The zero-order valence-electron chi connectivity index (χ0n) is 17.9. The maximum absolute atomic E-state index is 11.9. The summed E-state index contributed by atoms with van der Waals surface area (Å²) in [5.74, 6) is 0.838. The lowest BCUT2D eigenvalue weighted by atomic mass is 10.1. The highest BCUT2D eigenvalue weighted by atomic mass is 16.5. The number of aliphatic imine (C=N–C) groups is 3. The number of guanidine groups is 3. The number of carbonyl (C=O) groups is 1. The number of unbranched alkanes of at least 4 members (excludes halogenated alkanes) is 4. The fourth-order valence-electron chi connectivity index (χ4n) is 2.60. The first-order chi connectivity index (χ1) is 14.9. The molecule has 11 nitrogen and oxygen atoms in total.